The molecular formula is C17H19ClN2O3S. The van der Waals surface area contributed by atoms with Gasteiger partial charge in [0, 0.05) is 6.54 Å². The molecule has 0 aliphatic carbocycles. The van der Waals surface area contributed by atoms with E-state index >= 15 is 0 Å². The molecule has 0 spiro atoms. The van der Waals surface area contributed by atoms with Gasteiger partial charge in [-0.3, -0.25) is 9.52 Å². The van der Waals surface area contributed by atoms with Gasteiger partial charge < -0.3 is 5.32 Å². The monoisotopic (exact) mass is 366 g/mol. The predicted octanol–water partition coefficient (Wildman–Crippen LogP) is 3.59. The minimum Gasteiger partial charge on any atom is -0.352 e. The molecule has 0 atom stereocenters. The van der Waals surface area contributed by atoms with Crippen LogP contribution in [0.25, 0.3) is 0 Å². The number of para-hydroxylation sites is 1. The van der Waals surface area contributed by atoms with Crippen molar-refractivity contribution in [2.75, 3.05) is 11.3 Å². The molecule has 0 saturated carbocycles. The number of aryl methyl sites for hydroxylation is 1. The van der Waals surface area contributed by atoms with Crippen molar-refractivity contribution < 1.29 is 13.2 Å². The summed E-state index contributed by atoms with van der Waals surface area (Å²) < 4.78 is 27.6. The Morgan fingerprint density at radius 3 is 2.54 bits per heavy atom. The van der Waals surface area contributed by atoms with E-state index in [9.17, 15) is 13.2 Å². The van der Waals surface area contributed by atoms with Crippen molar-refractivity contribution in [2.24, 2.45) is 0 Å². The van der Waals surface area contributed by atoms with Crippen LogP contribution in [-0.4, -0.2) is 20.9 Å². The van der Waals surface area contributed by atoms with Crippen molar-refractivity contribution in [1.82, 2.24) is 5.32 Å². The average Bonchev–Trinajstić information content (AvgIpc) is 2.52. The van der Waals surface area contributed by atoms with Crippen LogP contribution in [0.3, 0.4) is 0 Å². The Labute approximate surface area is 147 Å². The van der Waals surface area contributed by atoms with Crippen LogP contribution in [0.2, 0.25) is 5.02 Å². The second-order valence-electron chi connectivity index (χ2n) is 5.34. The van der Waals surface area contributed by atoms with E-state index in [0.29, 0.717) is 6.54 Å². The first-order chi connectivity index (χ1) is 11.3. The highest BCUT2D eigenvalue weighted by atomic mass is 35.5. The largest absolute Gasteiger partial charge is 0.352 e. The van der Waals surface area contributed by atoms with E-state index in [-0.39, 0.29) is 27.1 Å². The standard InChI is InChI=1S/C17H19ClN2O3S/c1-3-10-19-17(21)13-6-4-5-7-15(13)20-24(22,23)16-9-8-12(2)11-14(16)18/h4-9,11,20H,3,10H2,1-2H3,(H,19,21). The number of benzene rings is 2. The summed E-state index contributed by atoms with van der Waals surface area (Å²) in [5.41, 5.74) is 1.33. The third-order valence-corrected chi connectivity index (χ3v) is 5.18. The number of carbonyl (C=O) groups excluding carboxylic acids is 1. The summed E-state index contributed by atoms with van der Waals surface area (Å²) in [6, 6.07) is 11.1. The van der Waals surface area contributed by atoms with Gasteiger partial charge in [0.25, 0.3) is 15.9 Å². The van der Waals surface area contributed by atoms with Gasteiger partial charge in [0.15, 0.2) is 0 Å². The number of carbonyl (C=O) groups is 1. The second kappa shape index (κ2) is 7.68. The maximum absolute atomic E-state index is 12.6. The number of amides is 1. The lowest BCUT2D eigenvalue weighted by Gasteiger charge is -2.13. The molecule has 0 aliphatic rings. The highest BCUT2D eigenvalue weighted by Gasteiger charge is 2.20. The van der Waals surface area contributed by atoms with Gasteiger partial charge in [-0.1, -0.05) is 36.7 Å². The summed E-state index contributed by atoms with van der Waals surface area (Å²) in [6.07, 6.45) is 0.790. The van der Waals surface area contributed by atoms with Crippen LogP contribution in [-0.2, 0) is 10.0 Å². The first kappa shape index (κ1) is 18.3. The molecule has 2 aromatic rings. The van der Waals surface area contributed by atoms with E-state index in [1.807, 2.05) is 13.8 Å². The number of anilines is 1. The fourth-order valence-corrected chi connectivity index (χ4v) is 3.81. The lowest BCUT2D eigenvalue weighted by Crippen LogP contribution is -2.25. The van der Waals surface area contributed by atoms with Gasteiger partial charge in [0.1, 0.15) is 4.90 Å². The van der Waals surface area contributed by atoms with Crippen LogP contribution in [0.4, 0.5) is 5.69 Å². The minimum atomic E-state index is -3.90. The number of sulfonamides is 1. The summed E-state index contributed by atoms with van der Waals surface area (Å²) in [4.78, 5) is 12.2. The van der Waals surface area contributed by atoms with Gasteiger partial charge in [-0.25, -0.2) is 8.42 Å². The highest BCUT2D eigenvalue weighted by molar-refractivity contribution is 7.92. The SMILES string of the molecule is CCCNC(=O)c1ccccc1NS(=O)(=O)c1ccc(C)cc1Cl. The highest BCUT2D eigenvalue weighted by Crippen LogP contribution is 2.26. The number of halogens is 1. The summed E-state index contributed by atoms with van der Waals surface area (Å²) in [7, 11) is -3.90. The van der Waals surface area contributed by atoms with Gasteiger partial charge in [-0.05, 0) is 43.2 Å². The van der Waals surface area contributed by atoms with Crippen molar-refractivity contribution in [3.63, 3.8) is 0 Å². The predicted molar refractivity (Wildman–Crippen MR) is 96.1 cm³/mol. The molecule has 2 aromatic carbocycles. The van der Waals surface area contributed by atoms with Crippen molar-refractivity contribution in [3.05, 3.63) is 58.6 Å². The molecule has 0 unspecified atom stereocenters. The molecule has 7 heteroatoms. The summed E-state index contributed by atoms with van der Waals surface area (Å²) in [6.45, 7) is 4.28. The fourth-order valence-electron chi connectivity index (χ4n) is 2.13. The zero-order chi connectivity index (χ0) is 17.7. The second-order valence-corrected chi connectivity index (χ2v) is 7.40. The molecule has 0 aliphatic heterocycles. The fraction of sp³-hybridized carbons (Fsp3) is 0.235. The molecule has 128 valence electrons. The van der Waals surface area contributed by atoms with E-state index in [1.54, 1.807) is 36.4 Å². The molecule has 5 nitrogen and oxygen atoms in total. The number of rotatable bonds is 6. The van der Waals surface area contributed by atoms with Crippen molar-refractivity contribution >= 4 is 33.2 Å². The van der Waals surface area contributed by atoms with Gasteiger partial charge in [0.2, 0.25) is 0 Å². The van der Waals surface area contributed by atoms with Crippen molar-refractivity contribution in [2.45, 2.75) is 25.2 Å². The Morgan fingerprint density at radius 2 is 1.88 bits per heavy atom. The lowest BCUT2D eigenvalue weighted by molar-refractivity contribution is 0.0954. The third kappa shape index (κ3) is 4.27. The molecular weight excluding hydrogens is 348 g/mol. The Balaban J connectivity index is 2.35. The molecule has 0 aromatic heterocycles. The lowest BCUT2D eigenvalue weighted by atomic mass is 10.1. The molecule has 0 saturated heterocycles. The molecule has 0 bridgehead atoms. The van der Waals surface area contributed by atoms with Crippen LogP contribution in [0, 0.1) is 6.92 Å². The Morgan fingerprint density at radius 1 is 1.17 bits per heavy atom. The van der Waals surface area contributed by atoms with Crippen molar-refractivity contribution in [1.29, 1.82) is 0 Å². The van der Waals surface area contributed by atoms with Crippen LogP contribution in [0.15, 0.2) is 47.4 Å². The number of hydrogen-bond donors (Lipinski definition) is 2. The van der Waals surface area contributed by atoms with E-state index in [1.165, 1.54) is 6.07 Å². The quantitative estimate of drug-likeness (QED) is 0.820. The zero-order valence-corrected chi connectivity index (χ0v) is 15.0. The minimum absolute atomic E-state index is 0.0291. The Kier molecular flexibility index (Phi) is 5.85. The van der Waals surface area contributed by atoms with Crippen LogP contribution in [0.1, 0.15) is 29.3 Å². The summed E-state index contributed by atoms with van der Waals surface area (Å²) in [5, 5.41) is 2.87. The van der Waals surface area contributed by atoms with E-state index in [4.69, 9.17) is 11.6 Å². The van der Waals surface area contributed by atoms with Crippen LogP contribution in [0.5, 0.6) is 0 Å². The molecule has 24 heavy (non-hydrogen) atoms. The maximum Gasteiger partial charge on any atom is 0.263 e. The summed E-state index contributed by atoms with van der Waals surface area (Å²) >= 11 is 6.05. The number of nitrogens with one attached hydrogen (secondary N) is 2. The molecule has 0 heterocycles. The first-order valence-corrected chi connectivity index (χ1v) is 9.37. The van der Waals surface area contributed by atoms with Gasteiger partial charge in [0.05, 0.1) is 16.3 Å². The molecule has 1 amide bonds. The van der Waals surface area contributed by atoms with Gasteiger partial charge >= 0.3 is 0 Å². The zero-order valence-electron chi connectivity index (χ0n) is 13.5. The Hall–Kier alpha value is -2.05. The Bertz CT molecular complexity index is 851. The molecule has 2 rings (SSSR count). The average molecular weight is 367 g/mol. The normalized spacial score (nSPS) is 11.1. The number of hydrogen-bond acceptors (Lipinski definition) is 3. The maximum atomic E-state index is 12.6. The topological polar surface area (TPSA) is 75.3 Å². The van der Waals surface area contributed by atoms with Crippen LogP contribution < -0.4 is 10.0 Å². The molecule has 0 radical (unpaired) electrons. The van der Waals surface area contributed by atoms with E-state index in [0.717, 1.165) is 12.0 Å². The summed E-state index contributed by atoms with van der Waals surface area (Å²) in [5.74, 6) is -0.329. The van der Waals surface area contributed by atoms with Gasteiger partial charge in [-0.2, -0.15) is 0 Å². The molecule has 0 fully saturated rings. The first-order valence-electron chi connectivity index (χ1n) is 7.51. The third-order valence-electron chi connectivity index (χ3n) is 3.33. The van der Waals surface area contributed by atoms with Crippen LogP contribution >= 0.6 is 11.6 Å². The van der Waals surface area contributed by atoms with E-state index in [2.05, 4.69) is 10.0 Å². The smallest absolute Gasteiger partial charge is 0.263 e. The molecule has 2 N–H and O–H groups in total. The van der Waals surface area contributed by atoms with Crippen molar-refractivity contribution in [3.8, 4) is 0 Å². The van der Waals surface area contributed by atoms with Gasteiger partial charge in [-0.15, -0.1) is 0 Å². The van der Waals surface area contributed by atoms with E-state index < -0.39 is 10.0 Å².